The zero-order chi connectivity index (χ0) is 25.8. The maximum Gasteiger partial charge on any atom is 0.419 e. The van der Waals surface area contributed by atoms with Crippen molar-refractivity contribution in [2.45, 2.75) is 46.1 Å². The summed E-state index contributed by atoms with van der Waals surface area (Å²) in [4.78, 5) is 48.5. The summed E-state index contributed by atoms with van der Waals surface area (Å²) in [6.45, 7) is 4.14. The Morgan fingerprint density at radius 1 is 0.914 bits per heavy atom. The number of aromatic nitrogens is 1. The molecule has 35 heavy (non-hydrogen) atoms. The van der Waals surface area contributed by atoms with Gasteiger partial charge in [0.2, 0.25) is 0 Å². The molecule has 0 fully saturated rings. The van der Waals surface area contributed by atoms with Crippen molar-refractivity contribution in [2.75, 3.05) is 19.9 Å². The fraction of sp³-hybridized carbons (Fsp3) is 0.385. The Bertz CT molecular complexity index is 1120. The van der Waals surface area contributed by atoms with Crippen molar-refractivity contribution in [1.82, 2.24) is 9.88 Å². The van der Waals surface area contributed by atoms with Gasteiger partial charge in [-0.2, -0.15) is 0 Å². The van der Waals surface area contributed by atoms with E-state index in [1.54, 1.807) is 31.2 Å². The van der Waals surface area contributed by atoms with Gasteiger partial charge < -0.3 is 14.8 Å². The Morgan fingerprint density at radius 2 is 1.46 bits per heavy atom. The first-order chi connectivity index (χ1) is 16.9. The number of benzene rings is 2. The largest absolute Gasteiger partial charge is 0.466 e. The number of ether oxygens (including phenoxy) is 2. The fourth-order valence-corrected chi connectivity index (χ4v) is 3.33. The maximum absolute atomic E-state index is 12.8. The highest BCUT2D eigenvalue weighted by Crippen LogP contribution is 2.28. The van der Waals surface area contributed by atoms with Gasteiger partial charge in [-0.15, -0.1) is 0 Å². The van der Waals surface area contributed by atoms with Crippen molar-refractivity contribution in [2.24, 2.45) is 0 Å². The Morgan fingerprint density at radius 3 is 1.97 bits per heavy atom. The quantitative estimate of drug-likeness (QED) is 0.445. The zero-order valence-corrected chi connectivity index (χ0v) is 20.2. The highest BCUT2D eigenvalue weighted by atomic mass is 19.1. The van der Waals surface area contributed by atoms with Crippen LogP contribution in [0.25, 0.3) is 21.8 Å². The molecule has 1 atom stereocenters. The molecule has 9 heteroatoms. The van der Waals surface area contributed by atoms with Crippen molar-refractivity contribution >= 4 is 45.6 Å². The van der Waals surface area contributed by atoms with Gasteiger partial charge in [-0.3, -0.25) is 14.4 Å². The van der Waals surface area contributed by atoms with Crippen molar-refractivity contribution in [3.8, 4) is 0 Å². The average molecular weight is 487 g/mol. The number of alkyl halides is 1. The fourth-order valence-electron chi connectivity index (χ4n) is 3.33. The summed E-state index contributed by atoms with van der Waals surface area (Å²) in [6, 6.07) is 13.1. The molecule has 2 aromatic carbocycles. The van der Waals surface area contributed by atoms with Crippen molar-refractivity contribution in [1.29, 1.82) is 0 Å². The van der Waals surface area contributed by atoms with E-state index in [0.29, 0.717) is 17.5 Å². The van der Waals surface area contributed by atoms with Gasteiger partial charge in [0, 0.05) is 10.8 Å². The molecule has 0 aliphatic heterocycles. The first-order valence-corrected chi connectivity index (χ1v) is 11.6. The number of hydrogen-bond acceptors (Lipinski definition) is 6. The van der Waals surface area contributed by atoms with Crippen LogP contribution in [0.1, 0.15) is 40.0 Å². The molecular weight excluding hydrogens is 455 g/mol. The molecule has 0 saturated carbocycles. The third-order valence-corrected chi connectivity index (χ3v) is 4.78. The second-order valence-electron chi connectivity index (χ2n) is 7.78. The molecule has 0 bridgehead atoms. The first kappa shape index (κ1) is 27.5. The number of amides is 1. The molecule has 3 aromatic rings. The molecule has 1 aromatic heterocycles. The lowest BCUT2D eigenvalue weighted by Gasteiger charge is -2.16. The third kappa shape index (κ3) is 7.37. The minimum atomic E-state index is -1.40. The van der Waals surface area contributed by atoms with Crippen LogP contribution >= 0.6 is 0 Å². The number of hydrogen-bond donors (Lipinski definition) is 1. The summed E-state index contributed by atoms with van der Waals surface area (Å²) in [6.07, 6.45) is 0.543. The van der Waals surface area contributed by atoms with E-state index >= 15 is 0 Å². The molecule has 188 valence electrons. The van der Waals surface area contributed by atoms with Gasteiger partial charge in [-0.1, -0.05) is 63.6 Å². The molecule has 1 N–H and O–H groups in total. The van der Waals surface area contributed by atoms with E-state index in [-0.39, 0.29) is 6.61 Å². The predicted octanol–water partition coefficient (Wildman–Crippen LogP) is 4.56. The van der Waals surface area contributed by atoms with E-state index < -0.39 is 49.5 Å². The summed E-state index contributed by atoms with van der Waals surface area (Å²) in [5, 5.41) is 3.94. The number of nitrogens with zero attached hydrogens (tertiary/aromatic N) is 1. The highest BCUT2D eigenvalue weighted by Gasteiger charge is 2.25. The van der Waals surface area contributed by atoms with Crippen LogP contribution in [0, 0.1) is 0 Å². The van der Waals surface area contributed by atoms with E-state index in [4.69, 9.17) is 9.47 Å². The second-order valence-corrected chi connectivity index (χ2v) is 7.78. The third-order valence-electron chi connectivity index (χ3n) is 4.78. The Hall–Kier alpha value is -3.75. The molecule has 3 rings (SSSR count). The van der Waals surface area contributed by atoms with Crippen molar-refractivity contribution in [3.63, 3.8) is 0 Å². The van der Waals surface area contributed by atoms with E-state index in [9.17, 15) is 23.6 Å². The van der Waals surface area contributed by atoms with Gasteiger partial charge in [-0.25, -0.2) is 13.8 Å². The molecule has 1 heterocycles. The summed E-state index contributed by atoms with van der Waals surface area (Å²) in [5.41, 5.74) is 1.23. The van der Waals surface area contributed by atoms with Crippen LogP contribution in [0.3, 0.4) is 0 Å². The zero-order valence-electron chi connectivity index (χ0n) is 20.2. The normalized spacial score (nSPS) is 11.3. The molecule has 0 saturated heterocycles. The number of rotatable bonds is 9. The minimum Gasteiger partial charge on any atom is -0.466 e. The Labute approximate surface area is 203 Å². The molecule has 0 radical (unpaired) electrons. The van der Waals surface area contributed by atoms with Crippen LogP contribution in [0.2, 0.25) is 0 Å². The summed E-state index contributed by atoms with van der Waals surface area (Å²) in [5.74, 6) is -2.55. The van der Waals surface area contributed by atoms with Crippen molar-refractivity contribution in [3.05, 3.63) is 48.5 Å². The number of esters is 1. The molecule has 1 amide bonds. The minimum absolute atomic E-state index is 0.152. The van der Waals surface area contributed by atoms with Gasteiger partial charge in [-0.05, 0) is 18.6 Å². The lowest BCUT2D eigenvalue weighted by molar-refractivity contribution is -0.146. The van der Waals surface area contributed by atoms with Crippen LogP contribution in [-0.2, 0) is 23.9 Å². The molecule has 8 nitrogen and oxygen atoms in total. The number of fused-ring (bicyclic) bond motifs is 3. The van der Waals surface area contributed by atoms with Gasteiger partial charge in [0.15, 0.2) is 12.4 Å². The number of nitrogens with one attached hydrogen (secondary N) is 1. The first-order valence-electron chi connectivity index (χ1n) is 11.6. The van der Waals surface area contributed by atoms with E-state index in [0.717, 1.165) is 10.8 Å². The van der Waals surface area contributed by atoms with Gasteiger partial charge in [0.1, 0.15) is 12.7 Å². The lowest BCUT2D eigenvalue weighted by atomic mass is 10.1. The van der Waals surface area contributed by atoms with E-state index in [1.165, 1.54) is 11.0 Å². The summed E-state index contributed by atoms with van der Waals surface area (Å²) >= 11 is 0. The second kappa shape index (κ2) is 13.8. The van der Waals surface area contributed by atoms with Crippen LogP contribution < -0.4 is 5.32 Å². The molecular formula is C26H31FN2O6. The number of carbonyl (C=O) groups excluding carboxylic acids is 4. The SMILES string of the molecule is CCC.CCCOC(=O)CC(NC(=O)COC(=O)n1c2ccccc2c2ccccc21)C(=O)CF. The molecule has 0 spiro atoms. The molecule has 0 aliphatic rings. The average Bonchev–Trinajstić information content (AvgIpc) is 3.20. The van der Waals surface area contributed by atoms with Crippen LogP contribution in [0.15, 0.2) is 48.5 Å². The number of para-hydroxylation sites is 2. The van der Waals surface area contributed by atoms with E-state index in [2.05, 4.69) is 19.2 Å². The Kier molecular flexibility index (Phi) is 10.9. The molecule has 1 unspecified atom stereocenters. The number of halogens is 1. The van der Waals surface area contributed by atoms with Gasteiger partial charge >= 0.3 is 12.1 Å². The van der Waals surface area contributed by atoms with Crippen LogP contribution in [0.4, 0.5) is 9.18 Å². The van der Waals surface area contributed by atoms with Gasteiger partial charge in [0.25, 0.3) is 5.91 Å². The lowest BCUT2D eigenvalue weighted by Crippen LogP contribution is -2.45. The Balaban J connectivity index is 0.00000137. The van der Waals surface area contributed by atoms with Crippen LogP contribution in [-0.4, -0.2) is 54.3 Å². The monoisotopic (exact) mass is 486 g/mol. The summed E-state index contributed by atoms with van der Waals surface area (Å²) < 4.78 is 24.2. The topological polar surface area (TPSA) is 104 Å². The number of ketones is 1. The highest BCUT2D eigenvalue weighted by molar-refractivity contribution is 6.12. The number of carbonyl (C=O) groups is 4. The van der Waals surface area contributed by atoms with Gasteiger partial charge in [0.05, 0.1) is 24.1 Å². The molecule has 0 aliphatic carbocycles. The summed E-state index contributed by atoms with van der Waals surface area (Å²) in [7, 11) is 0. The predicted molar refractivity (Wildman–Crippen MR) is 131 cm³/mol. The van der Waals surface area contributed by atoms with Crippen LogP contribution in [0.5, 0.6) is 0 Å². The van der Waals surface area contributed by atoms with Crippen molar-refractivity contribution < 1.29 is 33.0 Å². The standard InChI is InChI=1S/C23H23FN2O6.C3H8/c1-2-11-31-22(29)12-17(20(27)13-24)25-21(28)14-32-23(30)26-18-9-5-3-7-15(18)16-8-4-6-10-19(16)26;1-3-2/h3-10,17H,2,11-14H2,1H3,(H,25,28);3H2,1-2H3. The smallest absolute Gasteiger partial charge is 0.419 e. The maximum atomic E-state index is 12.8. The number of Topliss-reactive ketones (excluding diaryl/α,β-unsaturated/α-hetero) is 1. The van der Waals surface area contributed by atoms with E-state index in [1.807, 2.05) is 24.3 Å².